The van der Waals surface area contributed by atoms with Gasteiger partial charge in [-0.2, -0.15) is 0 Å². The van der Waals surface area contributed by atoms with Gasteiger partial charge in [0.1, 0.15) is 5.60 Å². The molecule has 0 aromatic carbocycles. The predicted molar refractivity (Wildman–Crippen MR) is 56.8 cm³/mol. The Morgan fingerprint density at radius 1 is 1.43 bits per heavy atom. The minimum absolute atomic E-state index is 0.125. The highest BCUT2D eigenvalue weighted by Gasteiger charge is 2.52. The topological polar surface area (TPSA) is 38.7 Å². The maximum absolute atomic E-state index is 11.9. The second-order valence-electron chi connectivity index (χ2n) is 4.71. The van der Waals surface area contributed by atoms with Gasteiger partial charge in [0, 0.05) is 12.8 Å². The van der Waals surface area contributed by atoms with Crippen LogP contribution in [0.5, 0.6) is 0 Å². The van der Waals surface area contributed by atoms with Crippen molar-refractivity contribution in [1.29, 1.82) is 0 Å². The molecule has 0 bridgehead atoms. The van der Waals surface area contributed by atoms with E-state index < -0.39 is 11.2 Å². The van der Waals surface area contributed by atoms with Crippen LogP contribution in [0.4, 0.5) is 0 Å². The van der Waals surface area contributed by atoms with E-state index >= 15 is 0 Å². The second-order valence-corrected chi connectivity index (χ2v) is 4.71. The lowest BCUT2D eigenvalue weighted by Crippen LogP contribution is -2.31. The minimum atomic E-state index is -0.673. The largest absolute Gasteiger partial charge is 0.361 e. The third-order valence-electron chi connectivity index (χ3n) is 2.58. The molecule has 0 aromatic heterocycles. The number of nitrogens with zero attached hydrogens (tertiary/aromatic N) is 1. The highest BCUT2D eigenvalue weighted by Crippen LogP contribution is 2.37. The molecule has 1 aliphatic rings. The molecule has 3 heteroatoms. The number of Topliss-reactive ketones (excluding diaryl/α,β-unsaturated/α-hetero) is 1. The van der Waals surface area contributed by atoms with Crippen LogP contribution in [0.3, 0.4) is 0 Å². The van der Waals surface area contributed by atoms with Crippen molar-refractivity contribution in [3.63, 3.8) is 0 Å². The molecular weight excluding hydrogens is 178 g/mol. The molecule has 0 spiro atoms. The van der Waals surface area contributed by atoms with E-state index in [1.807, 2.05) is 34.6 Å². The monoisotopic (exact) mass is 197 g/mol. The number of carbonyl (C=O) groups is 1. The number of carbonyl (C=O) groups excluding carboxylic acids is 1. The zero-order valence-corrected chi connectivity index (χ0v) is 9.63. The van der Waals surface area contributed by atoms with E-state index in [1.165, 1.54) is 0 Å². The Kier molecular flexibility index (Phi) is 2.81. The summed E-state index contributed by atoms with van der Waals surface area (Å²) in [6.45, 7) is 10.2. The summed E-state index contributed by atoms with van der Waals surface area (Å²) in [6.07, 6.45) is 1.73. The number of hydrogen-bond acceptors (Lipinski definition) is 3. The van der Waals surface area contributed by atoms with Crippen molar-refractivity contribution in [2.45, 2.75) is 45.8 Å². The van der Waals surface area contributed by atoms with Crippen LogP contribution in [0.2, 0.25) is 0 Å². The highest BCUT2D eigenvalue weighted by atomic mass is 16.5. The fourth-order valence-corrected chi connectivity index (χ4v) is 1.92. The van der Waals surface area contributed by atoms with Gasteiger partial charge in [0.15, 0.2) is 5.78 Å². The van der Waals surface area contributed by atoms with Gasteiger partial charge in [0.2, 0.25) is 0 Å². The smallest absolute Gasteiger partial charge is 0.175 e. The Morgan fingerprint density at radius 3 is 2.36 bits per heavy atom. The van der Waals surface area contributed by atoms with E-state index in [-0.39, 0.29) is 11.7 Å². The number of ether oxygens (including phenoxy) is 1. The molecule has 1 unspecified atom stereocenters. The van der Waals surface area contributed by atoms with Crippen molar-refractivity contribution in [1.82, 2.24) is 0 Å². The maximum atomic E-state index is 11.9. The van der Waals surface area contributed by atoms with Gasteiger partial charge in [-0.3, -0.25) is 9.79 Å². The molecule has 1 saturated heterocycles. The van der Waals surface area contributed by atoms with Crippen molar-refractivity contribution in [2.24, 2.45) is 10.9 Å². The average Bonchev–Trinajstić information content (AvgIpc) is 2.16. The molecule has 0 aliphatic carbocycles. The summed E-state index contributed by atoms with van der Waals surface area (Å²) in [4.78, 5) is 16.1. The lowest BCUT2D eigenvalue weighted by Gasteiger charge is -2.23. The number of rotatable bonds is 2. The second kappa shape index (κ2) is 3.46. The summed E-state index contributed by atoms with van der Waals surface area (Å²) in [5.41, 5.74) is -1.10. The molecule has 1 atom stereocenters. The number of ketones is 1. The molecule has 0 N–H and O–H groups in total. The number of hydrogen-bond donors (Lipinski definition) is 0. The van der Waals surface area contributed by atoms with Gasteiger partial charge >= 0.3 is 0 Å². The Labute approximate surface area is 85.6 Å². The quantitative estimate of drug-likeness (QED) is 0.634. The van der Waals surface area contributed by atoms with Crippen molar-refractivity contribution in [2.75, 3.05) is 6.54 Å². The van der Waals surface area contributed by atoms with E-state index in [1.54, 1.807) is 6.21 Å². The molecule has 0 amide bonds. The SMILES string of the molecule is CCN=CC1C(=O)C(C)(C)OC1(C)C. The van der Waals surface area contributed by atoms with Crippen molar-refractivity contribution in [3.05, 3.63) is 0 Å². The van der Waals surface area contributed by atoms with Crippen molar-refractivity contribution >= 4 is 12.0 Å². The maximum Gasteiger partial charge on any atom is 0.175 e. The molecule has 80 valence electrons. The normalized spacial score (nSPS) is 30.1. The minimum Gasteiger partial charge on any atom is -0.361 e. The molecule has 0 aromatic rings. The molecule has 1 heterocycles. The van der Waals surface area contributed by atoms with Crippen molar-refractivity contribution in [3.8, 4) is 0 Å². The van der Waals surface area contributed by atoms with Gasteiger partial charge in [0.25, 0.3) is 0 Å². The van der Waals surface area contributed by atoms with E-state index in [2.05, 4.69) is 4.99 Å². The summed E-state index contributed by atoms with van der Waals surface area (Å²) < 4.78 is 5.72. The first-order chi connectivity index (χ1) is 6.31. The first-order valence-corrected chi connectivity index (χ1v) is 5.05. The standard InChI is InChI=1S/C11H19NO2/c1-6-12-7-8-9(13)11(4,5)14-10(8,2)3/h7-8H,6H2,1-5H3. The van der Waals surface area contributed by atoms with E-state index in [9.17, 15) is 4.79 Å². The van der Waals surface area contributed by atoms with E-state index in [0.29, 0.717) is 6.54 Å². The van der Waals surface area contributed by atoms with Gasteiger partial charge in [0.05, 0.1) is 11.5 Å². The van der Waals surface area contributed by atoms with Crippen LogP contribution in [-0.4, -0.2) is 29.7 Å². The van der Waals surface area contributed by atoms with Gasteiger partial charge in [-0.05, 0) is 34.6 Å². The van der Waals surface area contributed by atoms with Gasteiger partial charge in [-0.15, -0.1) is 0 Å². The molecule has 1 rings (SSSR count). The van der Waals surface area contributed by atoms with Crippen molar-refractivity contribution < 1.29 is 9.53 Å². The molecule has 1 fully saturated rings. The fraction of sp³-hybridized carbons (Fsp3) is 0.818. The lowest BCUT2D eigenvalue weighted by atomic mass is 9.87. The Bertz CT molecular complexity index is 266. The molecular formula is C11H19NO2. The molecule has 0 saturated carbocycles. The summed E-state index contributed by atoms with van der Waals surface area (Å²) in [5.74, 6) is -0.0860. The summed E-state index contributed by atoms with van der Waals surface area (Å²) in [7, 11) is 0. The van der Waals surface area contributed by atoms with Gasteiger partial charge in [-0.1, -0.05) is 0 Å². The molecule has 14 heavy (non-hydrogen) atoms. The van der Waals surface area contributed by atoms with Crippen LogP contribution in [0.25, 0.3) is 0 Å². The predicted octanol–water partition coefficient (Wildman–Crippen LogP) is 1.85. The Balaban J connectivity index is 2.94. The zero-order chi connectivity index (χ0) is 11.0. The summed E-state index contributed by atoms with van der Waals surface area (Å²) >= 11 is 0. The third-order valence-corrected chi connectivity index (χ3v) is 2.58. The highest BCUT2D eigenvalue weighted by molar-refractivity contribution is 6.02. The van der Waals surface area contributed by atoms with E-state index in [4.69, 9.17) is 4.74 Å². The first kappa shape index (κ1) is 11.4. The Morgan fingerprint density at radius 2 is 2.00 bits per heavy atom. The van der Waals surface area contributed by atoms with Crippen LogP contribution in [-0.2, 0) is 9.53 Å². The molecule has 0 radical (unpaired) electrons. The van der Waals surface area contributed by atoms with Crippen LogP contribution < -0.4 is 0 Å². The summed E-state index contributed by atoms with van der Waals surface area (Å²) in [6, 6.07) is 0. The lowest BCUT2D eigenvalue weighted by molar-refractivity contribution is -0.132. The Hall–Kier alpha value is -0.700. The molecule has 3 nitrogen and oxygen atoms in total. The van der Waals surface area contributed by atoms with Crippen LogP contribution >= 0.6 is 0 Å². The fourth-order valence-electron chi connectivity index (χ4n) is 1.92. The van der Waals surface area contributed by atoms with E-state index in [0.717, 1.165) is 0 Å². The third kappa shape index (κ3) is 1.87. The van der Waals surface area contributed by atoms with Crippen LogP contribution in [0.15, 0.2) is 4.99 Å². The number of aliphatic imine (C=N–C) groups is 1. The van der Waals surface area contributed by atoms with Crippen LogP contribution in [0, 0.1) is 5.92 Å². The molecule has 1 aliphatic heterocycles. The first-order valence-electron chi connectivity index (χ1n) is 5.05. The van der Waals surface area contributed by atoms with Gasteiger partial charge < -0.3 is 4.74 Å². The zero-order valence-electron chi connectivity index (χ0n) is 9.63. The summed E-state index contributed by atoms with van der Waals surface area (Å²) in [5, 5.41) is 0. The van der Waals surface area contributed by atoms with Crippen LogP contribution in [0.1, 0.15) is 34.6 Å². The average molecular weight is 197 g/mol. The van der Waals surface area contributed by atoms with Gasteiger partial charge in [-0.25, -0.2) is 0 Å².